The summed E-state index contributed by atoms with van der Waals surface area (Å²) < 4.78 is 14.2. The molecule has 1 rings (SSSR count). The molecule has 1 aromatic rings. The molecule has 0 amide bonds. The number of benzene rings is 1. The molecule has 0 radical (unpaired) electrons. The molecular weight excluding hydrogens is 273 g/mol. The Balaban J connectivity index is 2.89. The molecule has 1 N–H and O–H groups in total. The van der Waals surface area contributed by atoms with E-state index < -0.39 is 5.54 Å². The number of likely N-dealkylation sites (N-methyl/N-ethyl adjacent to an activating group) is 1. The molecule has 0 aliphatic heterocycles. The monoisotopic (exact) mass is 287 g/mol. The van der Waals surface area contributed by atoms with Gasteiger partial charge in [0.2, 0.25) is 0 Å². The highest BCUT2D eigenvalue weighted by Crippen LogP contribution is 2.18. The van der Waals surface area contributed by atoms with Gasteiger partial charge in [-0.25, -0.2) is 4.39 Å². The summed E-state index contributed by atoms with van der Waals surface area (Å²) in [6.45, 7) is 3.57. The molecule has 0 atom stereocenters. The number of carbonyl (C=O) groups is 1. The van der Waals surface area contributed by atoms with Crippen LogP contribution >= 0.6 is 15.9 Å². The standard InChI is InChI=1S/C12H15BrFNO/c1-12(2,15-3)11(16)7-8-6-9(13)4-5-10(8)14/h4-6,15H,7H2,1-3H3. The van der Waals surface area contributed by atoms with E-state index in [1.54, 1.807) is 33.0 Å². The molecule has 4 heteroatoms. The second-order valence-electron chi connectivity index (χ2n) is 4.21. The highest BCUT2D eigenvalue weighted by molar-refractivity contribution is 9.10. The number of ketones is 1. The summed E-state index contributed by atoms with van der Waals surface area (Å²) in [5, 5.41) is 2.91. The minimum absolute atomic E-state index is 0.0352. The maximum absolute atomic E-state index is 13.4. The third-order valence-corrected chi connectivity index (χ3v) is 3.17. The molecule has 0 aliphatic carbocycles. The number of rotatable bonds is 4. The van der Waals surface area contributed by atoms with Crippen molar-refractivity contribution in [2.45, 2.75) is 25.8 Å². The maximum Gasteiger partial charge on any atom is 0.156 e. The molecule has 0 heterocycles. The van der Waals surface area contributed by atoms with Crippen molar-refractivity contribution in [3.8, 4) is 0 Å². The molecule has 0 saturated carbocycles. The highest BCUT2D eigenvalue weighted by Gasteiger charge is 2.25. The molecule has 0 saturated heterocycles. The van der Waals surface area contributed by atoms with Gasteiger partial charge < -0.3 is 5.32 Å². The van der Waals surface area contributed by atoms with Gasteiger partial charge in [-0.05, 0) is 44.7 Å². The van der Waals surface area contributed by atoms with Crippen LogP contribution in [0.1, 0.15) is 19.4 Å². The van der Waals surface area contributed by atoms with E-state index in [0.717, 1.165) is 4.47 Å². The Hall–Kier alpha value is -0.740. The van der Waals surface area contributed by atoms with E-state index in [4.69, 9.17) is 0 Å². The lowest BCUT2D eigenvalue weighted by Gasteiger charge is -2.22. The first kappa shape index (κ1) is 13.3. The van der Waals surface area contributed by atoms with E-state index in [-0.39, 0.29) is 18.0 Å². The summed E-state index contributed by atoms with van der Waals surface area (Å²) in [6, 6.07) is 4.62. The van der Waals surface area contributed by atoms with Gasteiger partial charge in [-0.2, -0.15) is 0 Å². The van der Waals surface area contributed by atoms with Gasteiger partial charge in [0.15, 0.2) is 5.78 Å². The average Bonchev–Trinajstić information content (AvgIpc) is 2.23. The Morgan fingerprint density at radius 1 is 1.50 bits per heavy atom. The summed E-state index contributed by atoms with van der Waals surface area (Å²) in [5.74, 6) is -0.379. The van der Waals surface area contributed by atoms with Crippen LogP contribution in [0.25, 0.3) is 0 Å². The largest absolute Gasteiger partial charge is 0.308 e. The molecule has 0 fully saturated rings. The van der Waals surface area contributed by atoms with Crippen LogP contribution in [0.15, 0.2) is 22.7 Å². The van der Waals surface area contributed by atoms with Crippen molar-refractivity contribution in [1.82, 2.24) is 5.32 Å². The molecule has 0 aromatic heterocycles. The third-order valence-electron chi connectivity index (χ3n) is 2.68. The van der Waals surface area contributed by atoms with Crippen LogP contribution in [0.2, 0.25) is 0 Å². The Morgan fingerprint density at radius 2 is 2.12 bits per heavy atom. The fourth-order valence-electron chi connectivity index (χ4n) is 1.21. The fourth-order valence-corrected chi connectivity index (χ4v) is 1.62. The zero-order valence-corrected chi connectivity index (χ0v) is 11.2. The summed E-state index contributed by atoms with van der Waals surface area (Å²) in [4.78, 5) is 11.9. The van der Waals surface area contributed by atoms with Crippen molar-refractivity contribution in [3.63, 3.8) is 0 Å². The van der Waals surface area contributed by atoms with Crippen LogP contribution in [-0.4, -0.2) is 18.4 Å². The summed E-state index contributed by atoms with van der Waals surface area (Å²) in [7, 11) is 1.72. The van der Waals surface area contributed by atoms with E-state index >= 15 is 0 Å². The van der Waals surface area contributed by atoms with E-state index in [0.29, 0.717) is 5.56 Å². The van der Waals surface area contributed by atoms with Crippen molar-refractivity contribution in [2.24, 2.45) is 0 Å². The normalized spacial score (nSPS) is 11.6. The second-order valence-corrected chi connectivity index (χ2v) is 5.13. The molecule has 0 spiro atoms. The van der Waals surface area contributed by atoms with Crippen molar-refractivity contribution < 1.29 is 9.18 Å². The van der Waals surface area contributed by atoms with Gasteiger partial charge in [0.1, 0.15) is 5.82 Å². The Morgan fingerprint density at radius 3 is 2.69 bits per heavy atom. The molecule has 16 heavy (non-hydrogen) atoms. The highest BCUT2D eigenvalue weighted by atomic mass is 79.9. The van der Waals surface area contributed by atoms with Crippen molar-refractivity contribution in [3.05, 3.63) is 34.1 Å². The number of carbonyl (C=O) groups excluding carboxylic acids is 1. The molecular formula is C12H15BrFNO. The van der Waals surface area contributed by atoms with E-state index in [2.05, 4.69) is 21.2 Å². The van der Waals surface area contributed by atoms with Gasteiger partial charge >= 0.3 is 0 Å². The smallest absolute Gasteiger partial charge is 0.156 e. The summed E-state index contributed by atoms with van der Waals surface area (Å²) >= 11 is 3.26. The first-order chi connectivity index (χ1) is 7.36. The van der Waals surface area contributed by atoms with Crippen LogP contribution in [0.4, 0.5) is 4.39 Å². The molecule has 1 aromatic carbocycles. The number of hydrogen-bond donors (Lipinski definition) is 1. The number of hydrogen-bond acceptors (Lipinski definition) is 2. The van der Waals surface area contributed by atoms with Crippen LogP contribution < -0.4 is 5.32 Å². The van der Waals surface area contributed by atoms with Crippen LogP contribution in [0, 0.1) is 5.82 Å². The zero-order chi connectivity index (χ0) is 12.3. The second kappa shape index (κ2) is 5.06. The minimum Gasteiger partial charge on any atom is -0.308 e. The number of Topliss-reactive ketones (excluding diaryl/α,β-unsaturated/α-hetero) is 1. The van der Waals surface area contributed by atoms with Crippen LogP contribution in [0.3, 0.4) is 0 Å². The first-order valence-corrected chi connectivity index (χ1v) is 5.82. The minimum atomic E-state index is -0.630. The Bertz CT molecular complexity index is 404. The van der Waals surface area contributed by atoms with E-state index in [1.165, 1.54) is 6.07 Å². The summed E-state index contributed by atoms with van der Waals surface area (Å²) in [6.07, 6.45) is 0.0963. The zero-order valence-electron chi connectivity index (χ0n) is 9.60. The van der Waals surface area contributed by atoms with E-state index in [9.17, 15) is 9.18 Å². The number of nitrogens with one attached hydrogen (secondary N) is 1. The van der Waals surface area contributed by atoms with E-state index in [1.807, 2.05) is 0 Å². The van der Waals surface area contributed by atoms with Gasteiger partial charge in [0.05, 0.1) is 5.54 Å². The quantitative estimate of drug-likeness (QED) is 0.923. The topological polar surface area (TPSA) is 29.1 Å². The lowest BCUT2D eigenvalue weighted by molar-refractivity contribution is -0.123. The molecule has 0 bridgehead atoms. The SMILES string of the molecule is CNC(C)(C)C(=O)Cc1cc(Br)ccc1F. The molecule has 88 valence electrons. The van der Waals surface area contributed by atoms with Gasteiger partial charge in [0, 0.05) is 10.9 Å². The first-order valence-electron chi connectivity index (χ1n) is 5.03. The Labute approximate surface area is 103 Å². The van der Waals surface area contributed by atoms with Gasteiger partial charge in [-0.3, -0.25) is 4.79 Å². The predicted molar refractivity (Wildman–Crippen MR) is 65.9 cm³/mol. The maximum atomic E-state index is 13.4. The van der Waals surface area contributed by atoms with Gasteiger partial charge in [-0.15, -0.1) is 0 Å². The lowest BCUT2D eigenvalue weighted by atomic mass is 9.94. The number of halogens is 2. The molecule has 2 nitrogen and oxygen atoms in total. The third kappa shape index (κ3) is 3.12. The predicted octanol–water partition coefficient (Wildman–Crippen LogP) is 2.70. The van der Waals surface area contributed by atoms with Gasteiger partial charge in [-0.1, -0.05) is 15.9 Å². The fraction of sp³-hybridized carbons (Fsp3) is 0.417. The summed E-state index contributed by atoms with van der Waals surface area (Å²) in [5.41, 5.74) is -0.211. The lowest BCUT2D eigenvalue weighted by Crippen LogP contribution is -2.45. The van der Waals surface area contributed by atoms with Crippen molar-refractivity contribution >= 4 is 21.7 Å². The van der Waals surface area contributed by atoms with Crippen molar-refractivity contribution in [2.75, 3.05) is 7.05 Å². The molecule has 0 aliphatic rings. The van der Waals surface area contributed by atoms with Gasteiger partial charge in [0.25, 0.3) is 0 Å². The average molecular weight is 288 g/mol. The van der Waals surface area contributed by atoms with Crippen molar-refractivity contribution in [1.29, 1.82) is 0 Å². The van der Waals surface area contributed by atoms with Crippen LogP contribution in [-0.2, 0) is 11.2 Å². The molecule has 0 unspecified atom stereocenters. The Kier molecular flexibility index (Phi) is 4.21. The van der Waals surface area contributed by atoms with Crippen LogP contribution in [0.5, 0.6) is 0 Å².